The van der Waals surface area contributed by atoms with Crippen LogP contribution in [0.4, 0.5) is 0 Å². The first kappa shape index (κ1) is 12.5. The summed E-state index contributed by atoms with van der Waals surface area (Å²) in [6.07, 6.45) is 2.38. The van der Waals surface area contributed by atoms with Gasteiger partial charge in [-0.25, -0.2) is 0 Å². The molecule has 0 radical (unpaired) electrons. The van der Waals surface area contributed by atoms with Crippen LogP contribution in [-0.2, 0) is 7.05 Å². The standard InChI is InChI=1S/C10H20N4S/c1-4-6-11-7-5-8-15-10-13-12-9(2)14(10)3/h11H,4-8H2,1-3H3. The summed E-state index contributed by atoms with van der Waals surface area (Å²) in [4.78, 5) is 0. The Balaban J connectivity index is 2.12. The molecule has 0 aromatic carbocycles. The van der Waals surface area contributed by atoms with Crippen LogP contribution in [0, 0.1) is 6.92 Å². The number of thioether (sulfide) groups is 1. The highest BCUT2D eigenvalue weighted by Crippen LogP contribution is 2.15. The van der Waals surface area contributed by atoms with Gasteiger partial charge >= 0.3 is 0 Å². The minimum atomic E-state index is 0.974. The minimum absolute atomic E-state index is 0.974. The lowest BCUT2D eigenvalue weighted by Gasteiger charge is -2.02. The van der Waals surface area contributed by atoms with Crippen LogP contribution in [-0.4, -0.2) is 33.6 Å². The van der Waals surface area contributed by atoms with E-state index in [1.165, 1.54) is 12.8 Å². The normalized spacial score (nSPS) is 10.9. The van der Waals surface area contributed by atoms with Gasteiger partial charge in [-0.1, -0.05) is 18.7 Å². The third kappa shape index (κ3) is 4.22. The molecule has 0 saturated carbocycles. The van der Waals surface area contributed by atoms with Crippen molar-refractivity contribution in [3.8, 4) is 0 Å². The third-order valence-electron chi connectivity index (χ3n) is 2.21. The maximum atomic E-state index is 4.10. The summed E-state index contributed by atoms with van der Waals surface area (Å²) in [6, 6.07) is 0. The lowest BCUT2D eigenvalue weighted by atomic mass is 10.4. The first-order chi connectivity index (χ1) is 7.25. The zero-order chi connectivity index (χ0) is 11.1. The van der Waals surface area contributed by atoms with Crippen molar-refractivity contribution >= 4 is 11.8 Å². The van der Waals surface area contributed by atoms with Crippen molar-refractivity contribution in [3.63, 3.8) is 0 Å². The molecule has 0 atom stereocenters. The van der Waals surface area contributed by atoms with E-state index in [0.717, 1.165) is 29.8 Å². The number of hydrogen-bond acceptors (Lipinski definition) is 4. The van der Waals surface area contributed by atoms with Gasteiger partial charge in [-0.3, -0.25) is 0 Å². The summed E-state index contributed by atoms with van der Waals surface area (Å²) >= 11 is 1.78. The largest absolute Gasteiger partial charge is 0.317 e. The second kappa shape index (κ2) is 6.85. The highest BCUT2D eigenvalue weighted by molar-refractivity contribution is 7.99. The number of hydrogen-bond donors (Lipinski definition) is 1. The topological polar surface area (TPSA) is 42.7 Å². The van der Waals surface area contributed by atoms with Gasteiger partial charge < -0.3 is 9.88 Å². The van der Waals surface area contributed by atoms with Crippen LogP contribution in [0.3, 0.4) is 0 Å². The SMILES string of the molecule is CCCNCCCSc1nnc(C)n1C. The molecule has 1 rings (SSSR count). The lowest BCUT2D eigenvalue weighted by Crippen LogP contribution is -2.16. The van der Waals surface area contributed by atoms with Crippen molar-refractivity contribution in [2.24, 2.45) is 7.05 Å². The molecule has 1 aromatic rings. The van der Waals surface area contributed by atoms with Crippen molar-refractivity contribution in [1.82, 2.24) is 20.1 Å². The lowest BCUT2D eigenvalue weighted by molar-refractivity contribution is 0.663. The molecule has 0 aliphatic heterocycles. The minimum Gasteiger partial charge on any atom is -0.317 e. The Bertz CT molecular complexity index is 285. The maximum absolute atomic E-state index is 4.10. The van der Waals surface area contributed by atoms with Crippen molar-refractivity contribution in [3.05, 3.63) is 5.82 Å². The molecule has 0 fully saturated rings. The number of aryl methyl sites for hydroxylation is 1. The van der Waals surface area contributed by atoms with Crippen LogP contribution in [0.15, 0.2) is 5.16 Å². The van der Waals surface area contributed by atoms with Crippen molar-refractivity contribution < 1.29 is 0 Å². The van der Waals surface area contributed by atoms with Gasteiger partial charge in [-0.15, -0.1) is 10.2 Å². The molecule has 1 aromatic heterocycles. The zero-order valence-electron chi connectivity index (χ0n) is 9.79. The molecule has 0 aliphatic rings. The molecular formula is C10H20N4S. The number of aromatic nitrogens is 3. The first-order valence-electron chi connectivity index (χ1n) is 5.45. The van der Waals surface area contributed by atoms with Crippen LogP contribution >= 0.6 is 11.8 Å². The number of nitrogens with zero attached hydrogens (tertiary/aromatic N) is 3. The molecule has 5 heteroatoms. The highest BCUT2D eigenvalue weighted by atomic mass is 32.2. The predicted octanol–water partition coefficient (Wildman–Crippen LogP) is 1.61. The van der Waals surface area contributed by atoms with E-state index < -0.39 is 0 Å². The van der Waals surface area contributed by atoms with Gasteiger partial charge in [0, 0.05) is 12.8 Å². The van der Waals surface area contributed by atoms with Crippen LogP contribution in [0.2, 0.25) is 0 Å². The van der Waals surface area contributed by atoms with E-state index in [1.807, 2.05) is 18.5 Å². The Morgan fingerprint density at radius 2 is 2.13 bits per heavy atom. The average Bonchev–Trinajstić information content (AvgIpc) is 2.54. The van der Waals surface area contributed by atoms with E-state index in [2.05, 4.69) is 22.4 Å². The summed E-state index contributed by atoms with van der Waals surface area (Å²) in [5, 5.41) is 12.5. The van der Waals surface area contributed by atoms with Gasteiger partial charge in [0.1, 0.15) is 5.82 Å². The van der Waals surface area contributed by atoms with E-state index in [0.29, 0.717) is 0 Å². The maximum Gasteiger partial charge on any atom is 0.190 e. The van der Waals surface area contributed by atoms with Gasteiger partial charge in [0.05, 0.1) is 0 Å². The predicted molar refractivity (Wildman–Crippen MR) is 64.2 cm³/mol. The molecule has 0 bridgehead atoms. The molecule has 1 N–H and O–H groups in total. The fourth-order valence-corrected chi connectivity index (χ4v) is 2.07. The van der Waals surface area contributed by atoms with Crippen LogP contribution in [0.5, 0.6) is 0 Å². The van der Waals surface area contributed by atoms with Gasteiger partial charge in [0.2, 0.25) is 0 Å². The monoisotopic (exact) mass is 228 g/mol. The molecule has 86 valence electrons. The number of nitrogens with one attached hydrogen (secondary N) is 1. The second-order valence-corrected chi connectivity index (χ2v) is 4.60. The van der Waals surface area contributed by atoms with E-state index in [-0.39, 0.29) is 0 Å². The van der Waals surface area contributed by atoms with Crippen LogP contribution < -0.4 is 5.32 Å². The van der Waals surface area contributed by atoms with Gasteiger partial charge in [0.25, 0.3) is 0 Å². The molecule has 0 unspecified atom stereocenters. The smallest absolute Gasteiger partial charge is 0.190 e. The summed E-state index contributed by atoms with van der Waals surface area (Å²) < 4.78 is 2.03. The Morgan fingerprint density at radius 1 is 1.33 bits per heavy atom. The van der Waals surface area contributed by atoms with Gasteiger partial charge in [-0.05, 0) is 32.9 Å². The van der Waals surface area contributed by atoms with Gasteiger partial charge in [0.15, 0.2) is 5.16 Å². The molecule has 0 spiro atoms. The molecule has 0 saturated heterocycles. The quantitative estimate of drug-likeness (QED) is 0.569. The van der Waals surface area contributed by atoms with Crippen LogP contribution in [0.25, 0.3) is 0 Å². The molecule has 0 aliphatic carbocycles. The summed E-state index contributed by atoms with van der Waals surface area (Å²) in [7, 11) is 2.01. The van der Waals surface area contributed by atoms with Crippen molar-refractivity contribution in [2.45, 2.75) is 31.8 Å². The second-order valence-electron chi connectivity index (χ2n) is 3.54. The third-order valence-corrected chi connectivity index (χ3v) is 3.31. The van der Waals surface area contributed by atoms with Gasteiger partial charge in [-0.2, -0.15) is 0 Å². The average molecular weight is 228 g/mol. The summed E-state index contributed by atoms with van der Waals surface area (Å²) in [5.74, 6) is 2.07. The van der Waals surface area contributed by atoms with E-state index >= 15 is 0 Å². The molecule has 0 amide bonds. The highest BCUT2D eigenvalue weighted by Gasteiger charge is 2.04. The zero-order valence-corrected chi connectivity index (χ0v) is 10.6. The van der Waals surface area contributed by atoms with E-state index in [9.17, 15) is 0 Å². The molecular weight excluding hydrogens is 208 g/mol. The van der Waals surface area contributed by atoms with E-state index in [1.54, 1.807) is 11.8 Å². The Hall–Kier alpha value is -0.550. The van der Waals surface area contributed by atoms with Crippen molar-refractivity contribution in [1.29, 1.82) is 0 Å². The van der Waals surface area contributed by atoms with Crippen LogP contribution in [0.1, 0.15) is 25.6 Å². The molecule has 15 heavy (non-hydrogen) atoms. The summed E-state index contributed by atoms with van der Waals surface area (Å²) in [6.45, 7) is 6.37. The Morgan fingerprint density at radius 3 is 2.73 bits per heavy atom. The Kier molecular flexibility index (Phi) is 5.71. The van der Waals surface area contributed by atoms with Crippen molar-refractivity contribution in [2.75, 3.05) is 18.8 Å². The number of rotatable bonds is 7. The fraction of sp³-hybridized carbons (Fsp3) is 0.800. The Labute approximate surface area is 95.9 Å². The van der Waals surface area contributed by atoms with E-state index in [4.69, 9.17) is 0 Å². The summed E-state index contributed by atoms with van der Waals surface area (Å²) in [5.41, 5.74) is 0. The first-order valence-corrected chi connectivity index (χ1v) is 6.43. The molecule has 4 nitrogen and oxygen atoms in total. The fourth-order valence-electron chi connectivity index (χ4n) is 1.18. The molecule has 1 heterocycles.